The average Bonchev–Trinajstić information content (AvgIpc) is 2.76. The number of carbonyl (C=O) groups excluding carboxylic acids is 3. The molecule has 0 spiro atoms. The molecule has 1 heterocycles. The molecular formula is C23H24N2O5. The Kier molecular flexibility index (Phi) is 6.85. The third kappa shape index (κ3) is 5.05. The van der Waals surface area contributed by atoms with Gasteiger partial charge in [0, 0.05) is 25.2 Å². The first-order chi connectivity index (χ1) is 14.5. The molecular weight excluding hydrogens is 384 g/mol. The Morgan fingerprint density at radius 1 is 1.07 bits per heavy atom. The summed E-state index contributed by atoms with van der Waals surface area (Å²) in [5, 5.41) is 2.70. The van der Waals surface area contributed by atoms with E-state index < -0.39 is 24.5 Å². The van der Waals surface area contributed by atoms with Crippen molar-refractivity contribution in [3.05, 3.63) is 71.4 Å². The van der Waals surface area contributed by atoms with Crippen LogP contribution in [0.25, 0.3) is 6.08 Å². The van der Waals surface area contributed by atoms with Crippen LogP contribution in [0.1, 0.15) is 36.1 Å². The van der Waals surface area contributed by atoms with Crippen molar-refractivity contribution in [3.8, 4) is 5.75 Å². The van der Waals surface area contributed by atoms with Crippen LogP contribution >= 0.6 is 0 Å². The van der Waals surface area contributed by atoms with Gasteiger partial charge in [0.15, 0.2) is 6.61 Å². The molecule has 1 N–H and O–H groups in total. The largest absolute Gasteiger partial charge is 0.496 e. The van der Waals surface area contributed by atoms with Crippen molar-refractivity contribution in [3.63, 3.8) is 0 Å². The van der Waals surface area contributed by atoms with Crippen molar-refractivity contribution in [2.75, 3.05) is 13.7 Å². The van der Waals surface area contributed by atoms with Gasteiger partial charge in [-0.05, 0) is 23.3 Å². The van der Waals surface area contributed by atoms with Gasteiger partial charge in [0.25, 0.3) is 5.91 Å². The minimum absolute atomic E-state index is 0.0410. The summed E-state index contributed by atoms with van der Waals surface area (Å²) in [6.45, 7) is 1.32. The van der Waals surface area contributed by atoms with E-state index in [4.69, 9.17) is 9.47 Å². The molecule has 0 bridgehead atoms. The number of amides is 2. The zero-order valence-corrected chi connectivity index (χ0v) is 17.0. The summed E-state index contributed by atoms with van der Waals surface area (Å²) in [6.07, 6.45) is 3.47. The lowest BCUT2D eigenvalue weighted by atomic mass is 9.94. The summed E-state index contributed by atoms with van der Waals surface area (Å²) in [5.41, 5.74) is 2.64. The fourth-order valence-electron chi connectivity index (χ4n) is 3.37. The summed E-state index contributed by atoms with van der Waals surface area (Å²) >= 11 is 0. The fraction of sp³-hybridized carbons (Fsp3) is 0.261. The number of rotatable bonds is 7. The summed E-state index contributed by atoms with van der Waals surface area (Å²) in [6, 6.07) is 14.4. The first-order valence-electron chi connectivity index (χ1n) is 9.60. The van der Waals surface area contributed by atoms with E-state index in [0.29, 0.717) is 5.75 Å². The van der Waals surface area contributed by atoms with Gasteiger partial charge in [-0.3, -0.25) is 14.4 Å². The van der Waals surface area contributed by atoms with E-state index in [9.17, 15) is 14.4 Å². The van der Waals surface area contributed by atoms with Gasteiger partial charge in [-0.15, -0.1) is 0 Å². The van der Waals surface area contributed by atoms with E-state index in [-0.39, 0.29) is 18.9 Å². The molecule has 3 rings (SSSR count). The predicted octanol–water partition coefficient (Wildman–Crippen LogP) is 2.82. The number of methoxy groups -OCH3 is 1. The number of nitrogens with one attached hydrogen (secondary N) is 1. The molecule has 156 valence electrons. The monoisotopic (exact) mass is 408 g/mol. The van der Waals surface area contributed by atoms with Gasteiger partial charge < -0.3 is 19.7 Å². The Labute approximate surface area is 175 Å². The van der Waals surface area contributed by atoms with Gasteiger partial charge in [-0.2, -0.15) is 0 Å². The van der Waals surface area contributed by atoms with Crippen LogP contribution < -0.4 is 10.1 Å². The highest BCUT2D eigenvalue weighted by atomic mass is 16.5. The summed E-state index contributed by atoms with van der Waals surface area (Å²) in [7, 11) is 1.56. The van der Waals surface area contributed by atoms with Gasteiger partial charge in [-0.25, -0.2) is 0 Å². The zero-order chi connectivity index (χ0) is 21.5. The smallest absolute Gasteiger partial charge is 0.308 e. The lowest BCUT2D eigenvalue weighted by Crippen LogP contribution is -2.33. The van der Waals surface area contributed by atoms with E-state index in [1.807, 2.05) is 48.5 Å². The molecule has 2 aromatic rings. The molecule has 7 heteroatoms. The molecule has 0 saturated carbocycles. The molecule has 2 aromatic carbocycles. The number of fused-ring (bicyclic) bond motifs is 1. The minimum Gasteiger partial charge on any atom is -0.496 e. The molecule has 0 aromatic heterocycles. The average molecular weight is 408 g/mol. The van der Waals surface area contributed by atoms with Crippen LogP contribution in [-0.2, 0) is 25.7 Å². The van der Waals surface area contributed by atoms with E-state index >= 15 is 0 Å². The Balaban J connectivity index is 1.55. The Hall–Kier alpha value is -3.61. The maximum atomic E-state index is 12.4. The van der Waals surface area contributed by atoms with Crippen LogP contribution in [0.4, 0.5) is 0 Å². The summed E-state index contributed by atoms with van der Waals surface area (Å²) < 4.78 is 10.4. The number of hydrogen-bond acceptors (Lipinski definition) is 5. The molecule has 0 saturated heterocycles. The molecule has 0 aliphatic carbocycles. The van der Waals surface area contributed by atoms with Gasteiger partial charge in [-0.1, -0.05) is 42.5 Å². The van der Waals surface area contributed by atoms with Gasteiger partial charge in [0.1, 0.15) is 5.75 Å². The second-order valence-electron chi connectivity index (χ2n) is 6.84. The van der Waals surface area contributed by atoms with Crippen LogP contribution in [0, 0.1) is 0 Å². The lowest BCUT2D eigenvalue weighted by Gasteiger charge is -2.32. The first kappa shape index (κ1) is 21.1. The quantitative estimate of drug-likeness (QED) is 0.712. The second-order valence-corrected chi connectivity index (χ2v) is 6.84. The van der Waals surface area contributed by atoms with Crippen molar-refractivity contribution < 1.29 is 23.9 Å². The van der Waals surface area contributed by atoms with Crippen LogP contribution in [0.5, 0.6) is 5.75 Å². The molecule has 1 aliphatic heterocycles. The minimum atomic E-state index is -0.552. The third-order valence-corrected chi connectivity index (χ3v) is 4.86. The van der Waals surface area contributed by atoms with Crippen molar-refractivity contribution in [1.82, 2.24) is 10.2 Å². The van der Waals surface area contributed by atoms with Crippen LogP contribution in [0.2, 0.25) is 0 Å². The number of ether oxygens (including phenoxy) is 2. The molecule has 0 fully saturated rings. The molecule has 1 aliphatic rings. The summed E-state index contributed by atoms with van der Waals surface area (Å²) in [4.78, 5) is 38.0. The summed E-state index contributed by atoms with van der Waals surface area (Å²) in [5.74, 6) is -0.471. The van der Waals surface area contributed by atoms with Crippen LogP contribution in [-0.4, -0.2) is 36.4 Å². The number of nitrogens with zero attached hydrogens (tertiary/aromatic N) is 1. The molecule has 0 unspecified atom stereocenters. The standard InChI is InChI=1S/C23H24N2O5/c1-16(26)25-12-11-17-7-3-5-9-19(17)20(25)13-23(28)30-15-22(27)24-14-18-8-4-6-10-21(18)29-2/h3-12,20H,13-15H2,1-2H3,(H,24,27)/t20-/m1/s1. The Morgan fingerprint density at radius 2 is 1.80 bits per heavy atom. The predicted molar refractivity (Wildman–Crippen MR) is 111 cm³/mol. The van der Waals surface area contributed by atoms with E-state index in [0.717, 1.165) is 16.7 Å². The molecule has 2 amide bonds. The third-order valence-electron chi connectivity index (χ3n) is 4.86. The Morgan fingerprint density at radius 3 is 2.57 bits per heavy atom. The van der Waals surface area contributed by atoms with Crippen LogP contribution in [0.15, 0.2) is 54.7 Å². The normalized spacial score (nSPS) is 14.6. The second kappa shape index (κ2) is 9.73. The number of benzene rings is 2. The molecule has 30 heavy (non-hydrogen) atoms. The zero-order valence-electron chi connectivity index (χ0n) is 17.0. The number of hydrogen-bond donors (Lipinski definition) is 1. The highest BCUT2D eigenvalue weighted by molar-refractivity contribution is 5.82. The van der Waals surface area contributed by atoms with E-state index in [1.165, 1.54) is 11.8 Å². The lowest BCUT2D eigenvalue weighted by molar-refractivity contribution is -0.150. The number of carbonyl (C=O) groups is 3. The van der Waals surface area contributed by atoms with Gasteiger partial charge in [0.05, 0.1) is 19.6 Å². The topological polar surface area (TPSA) is 84.9 Å². The van der Waals surface area contributed by atoms with Gasteiger partial charge in [0.2, 0.25) is 5.91 Å². The SMILES string of the molecule is COc1ccccc1CNC(=O)COC(=O)C[C@@H]1c2ccccc2C=CN1C(C)=O. The van der Waals surface area contributed by atoms with Crippen molar-refractivity contribution in [2.24, 2.45) is 0 Å². The number of esters is 1. The van der Waals surface area contributed by atoms with Gasteiger partial charge >= 0.3 is 5.97 Å². The first-order valence-corrected chi connectivity index (χ1v) is 9.60. The molecule has 7 nitrogen and oxygen atoms in total. The molecule has 1 atom stereocenters. The van der Waals surface area contributed by atoms with Crippen LogP contribution in [0.3, 0.4) is 0 Å². The van der Waals surface area contributed by atoms with Crippen molar-refractivity contribution in [2.45, 2.75) is 25.9 Å². The van der Waals surface area contributed by atoms with Crippen molar-refractivity contribution in [1.29, 1.82) is 0 Å². The van der Waals surface area contributed by atoms with E-state index in [2.05, 4.69) is 5.32 Å². The fourth-order valence-corrected chi connectivity index (χ4v) is 3.37. The van der Waals surface area contributed by atoms with Crippen molar-refractivity contribution >= 4 is 23.9 Å². The maximum absolute atomic E-state index is 12.4. The maximum Gasteiger partial charge on any atom is 0.308 e. The Bertz CT molecular complexity index is 970. The highest BCUT2D eigenvalue weighted by Gasteiger charge is 2.28. The number of para-hydroxylation sites is 1. The molecule has 0 radical (unpaired) electrons. The highest BCUT2D eigenvalue weighted by Crippen LogP contribution is 2.33. The van der Waals surface area contributed by atoms with E-state index in [1.54, 1.807) is 19.4 Å².